The third-order valence-corrected chi connectivity index (χ3v) is 1.34. The highest BCUT2D eigenvalue weighted by Gasteiger charge is 1.99. The van der Waals surface area contributed by atoms with Crippen molar-refractivity contribution >= 4 is 0 Å². The van der Waals surface area contributed by atoms with Gasteiger partial charge in [0.05, 0.1) is 6.61 Å². The predicted octanol–water partition coefficient (Wildman–Crippen LogP) is 1.45. The van der Waals surface area contributed by atoms with Crippen molar-refractivity contribution in [3.8, 4) is 5.75 Å². The van der Waals surface area contributed by atoms with E-state index in [1.165, 1.54) is 0 Å². The first-order valence-corrected chi connectivity index (χ1v) is 3.65. The molecule has 0 saturated carbocycles. The molecule has 1 atom stereocenters. The van der Waals surface area contributed by atoms with Gasteiger partial charge in [0.2, 0.25) is 0 Å². The van der Waals surface area contributed by atoms with Crippen LogP contribution in [0.15, 0.2) is 30.3 Å². The van der Waals surface area contributed by atoms with Gasteiger partial charge in [-0.05, 0) is 19.1 Å². The van der Waals surface area contributed by atoms with E-state index in [9.17, 15) is 0 Å². The van der Waals surface area contributed by atoms with Crippen molar-refractivity contribution in [1.82, 2.24) is 0 Å². The number of para-hydroxylation sites is 1. The maximum atomic E-state index is 8.67. The Kier molecular flexibility index (Phi) is 2.93. The summed E-state index contributed by atoms with van der Waals surface area (Å²) in [7, 11) is 0. The first-order chi connectivity index (χ1) is 5.33. The van der Waals surface area contributed by atoms with E-state index in [1.807, 2.05) is 37.3 Å². The summed E-state index contributed by atoms with van der Waals surface area (Å²) in [6.07, 6.45) is -0.127. The summed E-state index contributed by atoms with van der Waals surface area (Å²) in [5.41, 5.74) is 0. The lowest BCUT2D eigenvalue weighted by molar-refractivity contribution is 0.130. The predicted molar refractivity (Wildman–Crippen MR) is 43.6 cm³/mol. The van der Waals surface area contributed by atoms with Crippen LogP contribution in [0.1, 0.15) is 6.92 Å². The summed E-state index contributed by atoms with van der Waals surface area (Å²) in [5, 5.41) is 8.67. The molecule has 1 aromatic carbocycles. The van der Waals surface area contributed by atoms with Gasteiger partial charge in [0.15, 0.2) is 0 Å². The van der Waals surface area contributed by atoms with Crippen molar-refractivity contribution in [3.63, 3.8) is 0 Å². The van der Waals surface area contributed by atoms with E-state index >= 15 is 0 Å². The smallest absolute Gasteiger partial charge is 0.119 e. The fourth-order valence-electron chi connectivity index (χ4n) is 0.769. The van der Waals surface area contributed by atoms with E-state index < -0.39 is 0 Å². The molecule has 0 unspecified atom stereocenters. The minimum atomic E-state index is -0.127. The molecule has 1 N–H and O–H groups in total. The Morgan fingerprint density at radius 2 is 2.00 bits per heavy atom. The van der Waals surface area contributed by atoms with Gasteiger partial charge in [-0.1, -0.05) is 18.2 Å². The molecular weight excluding hydrogens is 140 g/mol. The van der Waals surface area contributed by atoms with E-state index in [-0.39, 0.29) is 12.7 Å². The van der Waals surface area contributed by atoms with Gasteiger partial charge in [-0.2, -0.15) is 0 Å². The van der Waals surface area contributed by atoms with Gasteiger partial charge in [-0.25, -0.2) is 0 Å². The lowest BCUT2D eigenvalue weighted by Crippen LogP contribution is -2.15. The molecule has 0 aliphatic carbocycles. The van der Waals surface area contributed by atoms with Crippen LogP contribution in [0.2, 0.25) is 0 Å². The lowest BCUT2D eigenvalue weighted by atomic mass is 10.3. The summed E-state index contributed by atoms with van der Waals surface area (Å²) in [6, 6.07) is 9.47. The number of ether oxygens (including phenoxy) is 1. The number of hydrogen-bond donors (Lipinski definition) is 1. The molecule has 1 aromatic rings. The summed E-state index contributed by atoms with van der Waals surface area (Å²) in [4.78, 5) is 0. The molecule has 2 nitrogen and oxygen atoms in total. The molecule has 0 fully saturated rings. The van der Waals surface area contributed by atoms with Crippen molar-refractivity contribution in [2.45, 2.75) is 13.0 Å². The maximum Gasteiger partial charge on any atom is 0.119 e. The zero-order valence-corrected chi connectivity index (χ0v) is 6.53. The maximum absolute atomic E-state index is 8.67. The standard InChI is InChI=1S/C9H12O2/c1-8(7-10)11-9-5-3-2-4-6-9/h2-6,8,10H,7H2,1H3/t8-/m0/s1. The Hall–Kier alpha value is -1.02. The highest BCUT2D eigenvalue weighted by atomic mass is 16.5. The van der Waals surface area contributed by atoms with Gasteiger partial charge in [0.25, 0.3) is 0 Å². The topological polar surface area (TPSA) is 29.5 Å². The second-order valence-electron chi connectivity index (χ2n) is 2.42. The fourth-order valence-corrected chi connectivity index (χ4v) is 0.769. The summed E-state index contributed by atoms with van der Waals surface area (Å²) in [6.45, 7) is 1.88. The Morgan fingerprint density at radius 3 is 2.55 bits per heavy atom. The molecule has 0 radical (unpaired) electrons. The summed E-state index contributed by atoms with van der Waals surface area (Å²) >= 11 is 0. The van der Waals surface area contributed by atoms with E-state index in [1.54, 1.807) is 0 Å². The van der Waals surface area contributed by atoms with Gasteiger partial charge in [0.1, 0.15) is 11.9 Å². The van der Waals surface area contributed by atoms with Crippen LogP contribution in [0.4, 0.5) is 0 Å². The quantitative estimate of drug-likeness (QED) is 0.710. The average molecular weight is 152 g/mol. The Bertz CT molecular complexity index is 196. The van der Waals surface area contributed by atoms with Crippen molar-refractivity contribution in [3.05, 3.63) is 30.3 Å². The lowest BCUT2D eigenvalue weighted by Gasteiger charge is -2.10. The number of aliphatic hydroxyl groups excluding tert-OH is 1. The Balaban J connectivity index is 2.51. The zero-order valence-electron chi connectivity index (χ0n) is 6.53. The van der Waals surface area contributed by atoms with Crippen LogP contribution in [0.25, 0.3) is 0 Å². The van der Waals surface area contributed by atoms with Crippen molar-refractivity contribution in [1.29, 1.82) is 0 Å². The number of hydrogen-bond acceptors (Lipinski definition) is 2. The van der Waals surface area contributed by atoms with Crippen LogP contribution < -0.4 is 4.74 Å². The monoisotopic (exact) mass is 152 g/mol. The molecule has 0 aliphatic rings. The third kappa shape index (κ3) is 2.60. The van der Waals surface area contributed by atoms with E-state index in [4.69, 9.17) is 9.84 Å². The molecule has 2 heteroatoms. The van der Waals surface area contributed by atoms with Gasteiger partial charge in [0, 0.05) is 0 Å². The molecule has 0 heterocycles. The average Bonchev–Trinajstić information content (AvgIpc) is 2.06. The molecule has 1 rings (SSSR count). The molecule has 0 amide bonds. The normalized spacial score (nSPS) is 12.5. The number of rotatable bonds is 3. The third-order valence-electron chi connectivity index (χ3n) is 1.34. The van der Waals surface area contributed by atoms with Crippen LogP contribution in [0.3, 0.4) is 0 Å². The highest BCUT2D eigenvalue weighted by Crippen LogP contribution is 2.09. The first-order valence-electron chi connectivity index (χ1n) is 3.65. The zero-order chi connectivity index (χ0) is 8.10. The first kappa shape index (κ1) is 8.08. The molecular formula is C9H12O2. The molecule has 60 valence electrons. The van der Waals surface area contributed by atoms with Gasteiger partial charge < -0.3 is 9.84 Å². The van der Waals surface area contributed by atoms with Gasteiger partial charge in [-0.3, -0.25) is 0 Å². The van der Waals surface area contributed by atoms with E-state index in [0.717, 1.165) is 5.75 Å². The van der Waals surface area contributed by atoms with Crippen LogP contribution in [0.5, 0.6) is 5.75 Å². The molecule has 0 aromatic heterocycles. The number of benzene rings is 1. The van der Waals surface area contributed by atoms with Gasteiger partial charge >= 0.3 is 0 Å². The minimum Gasteiger partial charge on any atom is -0.488 e. The molecule has 0 aliphatic heterocycles. The van der Waals surface area contributed by atoms with Crippen LogP contribution in [-0.4, -0.2) is 17.8 Å². The second-order valence-corrected chi connectivity index (χ2v) is 2.42. The summed E-state index contributed by atoms with van der Waals surface area (Å²) in [5.74, 6) is 0.800. The molecule has 0 bridgehead atoms. The number of aliphatic hydroxyl groups is 1. The van der Waals surface area contributed by atoms with Crippen LogP contribution in [0, 0.1) is 0 Å². The van der Waals surface area contributed by atoms with Gasteiger partial charge in [-0.15, -0.1) is 0 Å². The largest absolute Gasteiger partial charge is 0.488 e. The molecule has 0 spiro atoms. The Morgan fingerprint density at radius 1 is 1.36 bits per heavy atom. The highest BCUT2D eigenvalue weighted by molar-refractivity contribution is 5.21. The fraction of sp³-hybridized carbons (Fsp3) is 0.333. The Labute approximate surface area is 66.4 Å². The molecule has 0 saturated heterocycles. The van der Waals surface area contributed by atoms with Crippen molar-refractivity contribution in [2.24, 2.45) is 0 Å². The molecule has 11 heavy (non-hydrogen) atoms. The van der Waals surface area contributed by atoms with E-state index in [0.29, 0.717) is 0 Å². The van der Waals surface area contributed by atoms with Crippen molar-refractivity contribution in [2.75, 3.05) is 6.61 Å². The van der Waals surface area contributed by atoms with Crippen LogP contribution >= 0.6 is 0 Å². The van der Waals surface area contributed by atoms with Crippen LogP contribution in [-0.2, 0) is 0 Å². The van der Waals surface area contributed by atoms with Crippen molar-refractivity contribution < 1.29 is 9.84 Å². The second kappa shape index (κ2) is 3.98. The minimum absolute atomic E-state index is 0.0505. The summed E-state index contributed by atoms with van der Waals surface area (Å²) < 4.78 is 5.31. The van der Waals surface area contributed by atoms with E-state index in [2.05, 4.69) is 0 Å². The SMILES string of the molecule is C[C@@H](CO)Oc1ccccc1.